The quantitative estimate of drug-likeness (QED) is 0.855. The van der Waals surface area contributed by atoms with E-state index in [0.717, 1.165) is 27.9 Å². The summed E-state index contributed by atoms with van der Waals surface area (Å²) in [6, 6.07) is 5.88. The van der Waals surface area contributed by atoms with Crippen molar-refractivity contribution < 1.29 is 0 Å². The predicted molar refractivity (Wildman–Crippen MR) is 72.9 cm³/mol. The van der Waals surface area contributed by atoms with Gasteiger partial charge in [0.1, 0.15) is 0 Å². The van der Waals surface area contributed by atoms with E-state index in [9.17, 15) is 0 Å². The summed E-state index contributed by atoms with van der Waals surface area (Å²) in [5.41, 5.74) is 7.20. The fraction of sp³-hybridized carbons (Fsp3) is 0.455. The fourth-order valence-electron chi connectivity index (χ4n) is 1.38. The zero-order valence-electron chi connectivity index (χ0n) is 8.67. The van der Waals surface area contributed by atoms with Gasteiger partial charge in [-0.1, -0.05) is 53.4 Å². The Morgan fingerprint density at radius 1 is 1.47 bits per heavy atom. The number of unbranched alkanes of at least 4 members (excludes halogenated alkanes) is 1. The molecule has 0 amide bonds. The lowest BCUT2D eigenvalue weighted by Crippen LogP contribution is -2.10. The van der Waals surface area contributed by atoms with Crippen LogP contribution in [0.5, 0.6) is 0 Å². The lowest BCUT2D eigenvalue weighted by Gasteiger charge is -2.13. The normalized spacial score (nSPS) is 12.0. The lowest BCUT2D eigenvalue weighted by molar-refractivity contribution is 0.602. The van der Waals surface area contributed by atoms with E-state index in [2.05, 4.69) is 22.9 Å². The van der Waals surface area contributed by atoms with Gasteiger partial charge in [-0.25, -0.2) is 0 Å². The van der Waals surface area contributed by atoms with Crippen molar-refractivity contribution in [3.8, 4) is 0 Å². The van der Waals surface area contributed by atoms with Crippen LogP contribution in [0, 0.1) is 0 Å². The van der Waals surface area contributed by atoms with Crippen LogP contribution in [0.25, 0.3) is 0 Å². The standard InChI is InChI=1S/C11H15BrClN.ClH/c1-2-3-4-11(14)9-6-5-8(13)7-10(9)12;/h5-7,11H,2-4,14H2,1H3;1H/t11-;/m1./s1. The lowest BCUT2D eigenvalue weighted by atomic mass is 10.0. The number of hydrogen-bond acceptors (Lipinski definition) is 1. The van der Waals surface area contributed by atoms with Crippen LogP contribution in [0.15, 0.2) is 22.7 Å². The summed E-state index contributed by atoms with van der Waals surface area (Å²) in [5, 5.41) is 0.739. The molecule has 1 rings (SSSR count). The Hall–Kier alpha value is 0.240. The maximum atomic E-state index is 6.06. The highest BCUT2D eigenvalue weighted by molar-refractivity contribution is 9.10. The smallest absolute Gasteiger partial charge is 0.0417 e. The molecular weight excluding hydrogens is 297 g/mol. The first-order valence-electron chi connectivity index (χ1n) is 4.85. The molecule has 4 heteroatoms. The summed E-state index contributed by atoms with van der Waals surface area (Å²) in [6.45, 7) is 2.17. The molecule has 0 bridgehead atoms. The summed E-state index contributed by atoms with van der Waals surface area (Å²) in [6.07, 6.45) is 3.37. The molecule has 0 aliphatic heterocycles. The Morgan fingerprint density at radius 3 is 2.67 bits per heavy atom. The molecule has 0 saturated carbocycles. The zero-order chi connectivity index (χ0) is 10.6. The van der Waals surface area contributed by atoms with Gasteiger partial charge in [-0.05, 0) is 24.1 Å². The van der Waals surface area contributed by atoms with Crippen molar-refractivity contribution in [3.05, 3.63) is 33.3 Å². The first-order valence-corrected chi connectivity index (χ1v) is 6.02. The van der Waals surface area contributed by atoms with E-state index in [1.54, 1.807) is 0 Å². The predicted octanol–water partition coefficient (Wildman–Crippen LogP) is 4.71. The second-order valence-electron chi connectivity index (χ2n) is 3.41. The number of nitrogens with two attached hydrogens (primary N) is 1. The molecule has 0 unspecified atom stereocenters. The maximum Gasteiger partial charge on any atom is 0.0417 e. The molecule has 0 aliphatic carbocycles. The number of halogens is 3. The highest BCUT2D eigenvalue weighted by atomic mass is 79.9. The van der Waals surface area contributed by atoms with Crippen molar-refractivity contribution >= 4 is 39.9 Å². The minimum absolute atomic E-state index is 0. The molecule has 0 fully saturated rings. The number of hydrogen-bond donors (Lipinski definition) is 1. The molecule has 1 aromatic carbocycles. The second kappa shape index (κ2) is 7.50. The number of benzene rings is 1. The van der Waals surface area contributed by atoms with Gasteiger partial charge >= 0.3 is 0 Å². The van der Waals surface area contributed by atoms with Crippen LogP contribution < -0.4 is 5.73 Å². The summed E-state index contributed by atoms with van der Waals surface area (Å²) in [4.78, 5) is 0. The van der Waals surface area contributed by atoms with Crippen molar-refractivity contribution in [1.29, 1.82) is 0 Å². The van der Waals surface area contributed by atoms with Gasteiger partial charge in [0, 0.05) is 15.5 Å². The molecule has 0 spiro atoms. The molecule has 86 valence electrons. The number of rotatable bonds is 4. The topological polar surface area (TPSA) is 26.0 Å². The van der Waals surface area contributed by atoms with Crippen molar-refractivity contribution in [2.45, 2.75) is 32.2 Å². The molecule has 0 aromatic heterocycles. The van der Waals surface area contributed by atoms with Gasteiger partial charge in [0.05, 0.1) is 0 Å². The highest BCUT2D eigenvalue weighted by Gasteiger charge is 2.09. The third kappa shape index (κ3) is 4.73. The summed E-state index contributed by atoms with van der Waals surface area (Å²) < 4.78 is 1.01. The van der Waals surface area contributed by atoms with Gasteiger partial charge in [-0.3, -0.25) is 0 Å². The van der Waals surface area contributed by atoms with E-state index >= 15 is 0 Å². The Kier molecular flexibility index (Phi) is 7.62. The van der Waals surface area contributed by atoms with Crippen molar-refractivity contribution in [3.63, 3.8) is 0 Å². The average Bonchev–Trinajstić information content (AvgIpc) is 2.14. The summed E-state index contributed by atoms with van der Waals surface area (Å²) in [7, 11) is 0. The van der Waals surface area contributed by atoms with Crippen LogP contribution in [0.3, 0.4) is 0 Å². The van der Waals surface area contributed by atoms with E-state index < -0.39 is 0 Å². The summed E-state index contributed by atoms with van der Waals surface area (Å²) >= 11 is 9.33. The van der Waals surface area contributed by atoms with Crippen molar-refractivity contribution in [2.24, 2.45) is 5.73 Å². The molecule has 0 heterocycles. The molecule has 0 radical (unpaired) electrons. The first-order chi connectivity index (χ1) is 6.65. The van der Waals surface area contributed by atoms with Gasteiger partial charge in [-0.15, -0.1) is 12.4 Å². The first kappa shape index (κ1) is 15.2. The third-order valence-corrected chi connectivity index (χ3v) is 3.15. The molecular formula is C11H16BrCl2N. The van der Waals surface area contributed by atoms with Gasteiger partial charge in [0.25, 0.3) is 0 Å². The maximum absolute atomic E-state index is 6.06. The van der Waals surface area contributed by atoms with Gasteiger partial charge < -0.3 is 5.73 Å². The minimum Gasteiger partial charge on any atom is -0.324 e. The largest absolute Gasteiger partial charge is 0.324 e. The fourth-order valence-corrected chi connectivity index (χ4v) is 2.36. The monoisotopic (exact) mass is 311 g/mol. The molecule has 0 aliphatic rings. The van der Waals surface area contributed by atoms with E-state index in [-0.39, 0.29) is 18.4 Å². The van der Waals surface area contributed by atoms with Crippen LogP contribution in [0.2, 0.25) is 5.02 Å². The van der Waals surface area contributed by atoms with Crippen LogP contribution >= 0.6 is 39.9 Å². The Bertz CT molecular complexity index is 305. The summed E-state index contributed by atoms with van der Waals surface area (Å²) in [5.74, 6) is 0. The van der Waals surface area contributed by atoms with E-state index in [1.165, 1.54) is 6.42 Å². The van der Waals surface area contributed by atoms with E-state index in [1.807, 2.05) is 18.2 Å². The Morgan fingerprint density at radius 2 is 2.13 bits per heavy atom. The molecule has 1 nitrogen and oxygen atoms in total. The minimum atomic E-state index is 0. The van der Waals surface area contributed by atoms with Crippen LogP contribution in [0.1, 0.15) is 37.8 Å². The van der Waals surface area contributed by atoms with Gasteiger partial charge in [0.15, 0.2) is 0 Å². The Balaban J connectivity index is 0.00000196. The average molecular weight is 313 g/mol. The second-order valence-corrected chi connectivity index (χ2v) is 4.71. The zero-order valence-corrected chi connectivity index (χ0v) is 11.8. The molecule has 1 aromatic rings. The molecule has 0 saturated heterocycles. The molecule has 1 atom stereocenters. The van der Waals surface area contributed by atoms with E-state index in [4.69, 9.17) is 17.3 Å². The van der Waals surface area contributed by atoms with Crippen LogP contribution in [-0.4, -0.2) is 0 Å². The van der Waals surface area contributed by atoms with E-state index in [0.29, 0.717) is 0 Å². The van der Waals surface area contributed by atoms with Gasteiger partial charge in [0.2, 0.25) is 0 Å². The Labute approximate surface area is 111 Å². The van der Waals surface area contributed by atoms with Crippen molar-refractivity contribution in [1.82, 2.24) is 0 Å². The van der Waals surface area contributed by atoms with Gasteiger partial charge in [-0.2, -0.15) is 0 Å². The van der Waals surface area contributed by atoms with Crippen LogP contribution in [0.4, 0.5) is 0 Å². The molecule has 15 heavy (non-hydrogen) atoms. The SMILES string of the molecule is CCCC[C@@H](N)c1ccc(Cl)cc1Br.Cl. The third-order valence-electron chi connectivity index (χ3n) is 2.23. The van der Waals surface area contributed by atoms with Crippen molar-refractivity contribution in [2.75, 3.05) is 0 Å². The van der Waals surface area contributed by atoms with Crippen LogP contribution in [-0.2, 0) is 0 Å². The molecule has 2 N–H and O–H groups in total. The highest BCUT2D eigenvalue weighted by Crippen LogP contribution is 2.27.